The summed E-state index contributed by atoms with van der Waals surface area (Å²) in [5.74, 6) is 1.73. The van der Waals surface area contributed by atoms with Gasteiger partial charge >= 0.3 is 0 Å². The molecule has 0 amide bonds. The van der Waals surface area contributed by atoms with Gasteiger partial charge in [0.25, 0.3) is 0 Å². The fraction of sp³-hybridized carbons (Fsp3) is 1.00. The summed E-state index contributed by atoms with van der Waals surface area (Å²) in [6.45, 7) is 11.1. The van der Waals surface area contributed by atoms with Crippen molar-refractivity contribution in [2.45, 2.75) is 65.5 Å². The monoisotopic (exact) mass is 227 g/mol. The summed E-state index contributed by atoms with van der Waals surface area (Å²) >= 11 is 0. The van der Waals surface area contributed by atoms with E-state index in [1.807, 2.05) is 0 Å². The Kier molecular flexibility index (Phi) is 6.37. The zero-order valence-corrected chi connectivity index (χ0v) is 11.5. The molecule has 0 aromatic carbocycles. The summed E-state index contributed by atoms with van der Waals surface area (Å²) < 4.78 is 5.98. The third kappa shape index (κ3) is 4.84. The van der Waals surface area contributed by atoms with Crippen molar-refractivity contribution in [3.8, 4) is 0 Å². The van der Waals surface area contributed by atoms with Crippen LogP contribution in [0.25, 0.3) is 0 Å². The van der Waals surface area contributed by atoms with Crippen LogP contribution >= 0.6 is 0 Å². The third-order valence-electron chi connectivity index (χ3n) is 4.01. The van der Waals surface area contributed by atoms with Crippen molar-refractivity contribution < 1.29 is 4.74 Å². The van der Waals surface area contributed by atoms with Crippen molar-refractivity contribution in [1.82, 2.24) is 5.32 Å². The van der Waals surface area contributed by atoms with Crippen molar-refractivity contribution in [2.75, 3.05) is 13.2 Å². The standard InChI is InChI=1S/C14H29NO/c1-5-15-13(4)8-9-16-14-7-6-11(2)12(3)10-14/h11-15H,5-10H2,1-4H3. The van der Waals surface area contributed by atoms with Crippen LogP contribution in [0.15, 0.2) is 0 Å². The van der Waals surface area contributed by atoms with E-state index in [9.17, 15) is 0 Å². The summed E-state index contributed by atoms with van der Waals surface area (Å²) in [7, 11) is 0. The molecule has 1 fully saturated rings. The maximum absolute atomic E-state index is 5.98. The van der Waals surface area contributed by atoms with Crippen LogP contribution in [0.4, 0.5) is 0 Å². The lowest BCUT2D eigenvalue weighted by molar-refractivity contribution is -0.000538. The van der Waals surface area contributed by atoms with E-state index in [4.69, 9.17) is 4.74 Å². The van der Waals surface area contributed by atoms with Crippen molar-refractivity contribution in [3.05, 3.63) is 0 Å². The van der Waals surface area contributed by atoms with Gasteiger partial charge in [0.15, 0.2) is 0 Å². The van der Waals surface area contributed by atoms with Crippen LogP contribution < -0.4 is 5.32 Å². The second kappa shape index (κ2) is 7.29. The first-order chi connectivity index (χ1) is 7.63. The highest BCUT2D eigenvalue weighted by molar-refractivity contribution is 4.75. The smallest absolute Gasteiger partial charge is 0.0577 e. The third-order valence-corrected chi connectivity index (χ3v) is 4.01. The van der Waals surface area contributed by atoms with E-state index in [-0.39, 0.29) is 0 Å². The number of rotatable bonds is 6. The zero-order valence-electron chi connectivity index (χ0n) is 11.5. The number of hydrogen-bond donors (Lipinski definition) is 1. The largest absolute Gasteiger partial charge is 0.378 e. The Balaban J connectivity index is 2.09. The number of nitrogens with one attached hydrogen (secondary N) is 1. The summed E-state index contributed by atoms with van der Waals surface area (Å²) in [6.07, 6.45) is 5.53. The molecule has 0 saturated heterocycles. The van der Waals surface area contributed by atoms with Gasteiger partial charge in [0.1, 0.15) is 0 Å². The topological polar surface area (TPSA) is 21.3 Å². The average Bonchev–Trinajstić information content (AvgIpc) is 2.24. The second-order valence-electron chi connectivity index (χ2n) is 5.51. The molecule has 4 atom stereocenters. The van der Waals surface area contributed by atoms with Gasteiger partial charge in [-0.05, 0) is 51.0 Å². The van der Waals surface area contributed by atoms with Crippen LogP contribution in [0.3, 0.4) is 0 Å². The fourth-order valence-electron chi connectivity index (χ4n) is 2.51. The molecule has 0 aromatic rings. The molecular weight excluding hydrogens is 198 g/mol. The van der Waals surface area contributed by atoms with E-state index in [1.165, 1.54) is 19.3 Å². The zero-order chi connectivity index (χ0) is 12.0. The molecule has 0 bridgehead atoms. The summed E-state index contributed by atoms with van der Waals surface area (Å²) in [5, 5.41) is 3.42. The number of hydrogen-bond acceptors (Lipinski definition) is 2. The van der Waals surface area contributed by atoms with Crippen LogP contribution in [0.5, 0.6) is 0 Å². The van der Waals surface area contributed by atoms with E-state index in [0.29, 0.717) is 12.1 Å². The van der Waals surface area contributed by atoms with Crippen molar-refractivity contribution in [2.24, 2.45) is 11.8 Å². The van der Waals surface area contributed by atoms with Gasteiger partial charge in [0, 0.05) is 12.6 Å². The lowest BCUT2D eigenvalue weighted by Gasteiger charge is -2.32. The van der Waals surface area contributed by atoms with Gasteiger partial charge in [-0.3, -0.25) is 0 Å². The second-order valence-corrected chi connectivity index (χ2v) is 5.51. The lowest BCUT2D eigenvalue weighted by Crippen LogP contribution is -2.30. The summed E-state index contributed by atoms with van der Waals surface area (Å²) in [6, 6.07) is 0.588. The molecule has 2 heteroatoms. The normalized spacial score (nSPS) is 32.6. The highest BCUT2D eigenvalue weighted by Gasteiger charge is 2.24. The van der Waals surface area contributed by atoms with Gasteiger partial charge < -0.3 is 10.1 Å². The maximum Gasteiger partial charge on any atom is 0.0577 e. The minimum atomic E-state index is 0.528. The van der Waals surface area contributed by atoms with E-state index in [2.05, 4.69) is 33.0 Å². The van der Waals surface area contributed by atoms with Crippen molar-refractivity contribution >= 4 is 0 Å². The first kappa shape index (κ1) is 14.0. The molecule has 1 aliphatic rings. The molecule has 0 spiro atoms. The summed E-state index contributed by atoms with van der Waals surface area (Å²) in [5.41, 5.74) is 0. The van der Waals surface area contributed by atoms with Crippen LogP contribution in [-0.4, -0.2) is 25.3 Å². The molecule has 0 aromatic heterocycles. The molecule has 96 valence electrons. The van der Waals surface area contributed by atoms with Gasteiger partial charge in [-0.25, -0.2) is 0 Å². The Morgan fingerprint density at radius 1 is 1.25 bits per heavy atom. The number of ether oxygens (including phenoxy) is 1. The van der Waals surface area contributed by atoms with Gasteiger partial charge in [-0.1, -0.05) is 20.8 Å². The first-order valence-corrected chi connectivity index (χ1v) is 6.98. The highest BCUT2D eigenvalue weighted by Crippen LogP contribution is 2.30. The molecule has 1 aliphatic carbocycles. The Hall–Kier alpha value is -0.0800. The maximum atomic E-state index is 5.98. The molecule has 0 heterocycles. The molecule has 1 saturated carbocycles. The average molecular weight is 227 g/mol. The quantitative estimate of drug-likeness (QED) is 0.752. The van der Waals surface area contributed by atoms with Crippen LogP contribution in [0.2, 0.25) is 0 Å². The highest BCUT2D eigenvalue weighted by atomic mass is 16.5. The molecule has 16 heavy (non-hydrogen) atoms. The fourth-order valence-corrected chi connectivity index (χ4v) is 2.51. The minimum Gasteiger partial charge on any atom is -0.378 e. The Bertz CT molecular complexity index is 184. The molecule has 1 N–H and O–H groups in total. The molecule has 4 unspecified atom stereocenters. The van der Waals surface area contributed by atoms with E-state index >= 15 is 0 Å². The molecule has 0 radical (unpaired) electrons. The Labute approximate surface area is 101 Å². The Morgan fingerprint density at radius 2 is 2.00 bits per heavy atom. The molecule has 0 aliphatic heterocycles. The molecular formula is C14H29NO. The Morgan fingerprint density at radius 3 is 2.62 bits per heavy atom. The van der Waals surface area contributed by atoms with Gasteiger partial charge in [0.05, 0.1) is 6.10 Å². The van der Waals surface area contributed by atoms with Crippen molar-refractivity contribution in [3.63, 3.8) is 0 Å². The SMILES string of the molecule is CCNC(C)CCOC1CCC(C)C(C)C1. The van der Waals surface area contributed by atoms with E-state index in [1.54, 1.807) is 0 Å². The summed E-state index contributed by atoms with van der Waals surface area (Å²) in [4.78, 5) is 0. The van der Waals surface area contributed by atoms with Crippen molar-refractivity contribution in [1.29, 1.82) is 0 Å². The first-order valence-electron chi connectivity index (χ1n) is 6.98. The molecule has 2 nitrogen and oxygen atoms in total. The lowest BCUT2D eigenvalue weighted by atomic mass is 9.80. The minimum absolute atomic E-state index is 0.528. The van der Waals surface area contributed by atoms with Gasteiger partial charge in [0.2, 0.25) is 0 Å². The predicted octanol–water partition coefficient (Wildman–Crippen LogP) is 3.22. The van der Waals surface area contributed by atoms with Crippen LogP contribution in [-0.2, 0) is 4.74 Å². The van der Waals surface area contributed by atoms with Crippen LogP contribution in [0, 0.1) is 11.8 Å². The van der Waals surface area contributed by atoms with Crippen LogP contribution in [0.1, 0.15) is 53.4 Å². The molecule has 1 rings (SSSR count). The van der Waals surface area contributed by atoms with Gasteiger partial charge in [-0.2, -0.15) is 0 Å². The van der Waals surface area contributed by atoms with E-state index in [0.717, 1.165) is 31.4 Å². The van der Waals surface area contributed by atoms with E-state index < -0.39 is 0 Å². The van der Waals surface area contributed by atoms with Gasteiger partial charge in [-0.15, -0.1) is 0 Å². The predicted molar refractivity (Wildman–Crippen MR) is 69.7 cm³/mol.